The van der Waals surface area contributed by atoms with E-state index in [9.17, 15) is 0 Å². The summed E-state index contributed by atoms with van der Waals surface area (Å²) in [6.45, 7) is 40.2. The summed E-state index contributed by atoms with van der Waals surface area (Å²) in [5.41, 5.74) is 27.5. The third-order valence-corrected chi connectivity index (χ3v) is 25.0. The number of fused-ring (bicyclic) bond motifs is 17. The minimum Gasteiger partial charge on any atom is -0.498 e. The summed E-state index contributed by atoms with van der Waals surface area (Å²) in [5, 5.41) is 0. The molecule has 0 amide bonds. The van der Waals surface area contributed by atoms with Crippen LogP contribution in [0.5, 0.6) is 11.6 Å². The number of anilines is 16. The molecule has 22 rings (SSSR count). The van der Waals surface area contributed by atoms with Crippen LogP contribution in [0, 0.1) is 39.3 Å². The molecule has 0 saturated heterocycles. The van der Waals surface area contributed by atoms with Crippen LogP contribution in [-0.4, -0.2) is 72.6 Å². The van der Waals surface area contributed by atoms with E-state index < -0.39 is 0 Å². The van der Waals surface area contributed by atoms with Gasteiger partial charge in [0.15, 0.2) is 17.5 Å². The molecule has 5 aromatic heterocycles. The maximum atomic E-state index is 5.98. The minimum absolute atomic E-state index is 0. The second-order valence-corrected chi connectivity index (χ2v) is 35.6. The van der Waals surface area contributed by atoms with Gasteiger partial charge in [-0.15, -0.1) is 24.7 Å². The molecule has 647 valence electrons. The van der Waals surface area contributed by atoms with Gasteiger partial charge in [-0.3, -0.25) is 0 Å². The van der Waals surface area contributed by atoms with Gasteiger partial charge in [-0.05, 0) is 222 Å². The molecular formula is C109H112IrN16O-4. The van der Waals surface area contributed by atoms with Crippen molar-refractivity contribution in [2.24, 2.45) is 0 Å². The topological polar surface area (TPSA) is 119 Å². The van der Waals surface area contributed by atoms with Gasteiger partial charge in [-0.1, -0.05) is 163 Å². The van der Waals surface area contributed by atoms with Crippen molar-refractivity contribution in [1.29, 1.82) is 0 Å². The predicted molar refractivity (Wildman–Crippen MR) is 519 cm³/mol. The largest absolute Gasteiger partial charge is 0.498 e. The third kappa shape index (κ3) is 16.5. The molecule has 3 unspecified atom stereocenters. The number of aryl methyl sites for hydroxylation is 2. The standard InChI is InChI=1S/C31H39N3.C24H25N3.C22H21N3O.C17H12N4.C15H15N3.Ir/c1-18(2)23-15-24(19(3)4)30(25(16-23)20(5)6)26-13-14-28-31(32-26)34-27-12-10-9-11-22(27)17-29(34)33(28)21(7)8;1-15(2)26-21-13-12-19(23-16(3)8-7-9-17(23)4)25-24(21)27-20-11-6-5-10-18(20)14-22(26)27;1-15(2)24-19-12-13-20(26-17-9-4-3-5-10-17)23-22(19)25-18-11-7-6-8-16(18)14-21(24)25;1-3-7-14(8-4-1)20-13-21(15-9-5-2-6-10-15)17-16(20)18-11-12-19-17;1-12(2)17-11-18(13-7-4-3-5-8-13)15-14(17)9-6-10-16-15;/h9-16,18-21,29H,17H2,1-8H3;5-13,15,22H,14H2,1-4H3;3-13,15,21H,14H2,1-2H3;1-9,11-13H;3-7,9-12H,1-2H3;/q;;;2*-2;. The molecule has 0 spiro atoms. The number of pyridine rings is 4. The number of hydrogen-bond donors (Lipinski definition) is 0. The van der Waals surface area contributed by atoms with Gasteiger partial charge in [0, 0.05) is 122 Å². The van der Waals surface area contributed by atoms with E-state index in [0.29, 0.717) is 66.3 Å². The fraction of sp³-hybridized carbons (Fsp3) is 0.266. The van der Waals surface area contributed by atoms with Gasteiger partial charge < -0.3 is 53.7 Å². The van der Waals surface area contributed by atoms with Gasteiger partial charge in [0.05, 0.1) is 28.5 Å². The molecule has 18 heteroatoms. The quantitative estimate of drug-likeness (QED) is 0.0960. The predicted octanol–water partition coefficient (Wildman–Crippen LogP) is 26.2. The first kappa shape index (κ1) is 86.2. The normalized spacial score (nSPS) is 15.9. The average molecular weight is 1850 g/mol. The maximum Gasteiger partial charge on any atom is 0.221 e. The van der Waals surface area contributed by atoms with Crippen LogP contribution in [0.3, 0.4) is 0 Å². The van der Waals surface area contributed by atoms with Crippen molar-refractivity contribution in [1.82, 2.24) is 29.9 Å². The van der Waals surface area contributed by atoms with Crippen molar-refractivity contribution in [3.8, 4) is 34.1 Å². The third-order valence-electron chi connectivity index (χ3n) is 25.0. The molecule has 17 nitrogen and oxygen atoms in total. The Morgan fingerprint density at radius 2 is 0.764 bits per heavy atom. The molecule has 0 aliphatic carbocycles. The van der Waals surface area contributed by atoms with Crippen molar-refractivity contribution in [3.05, 3.63) is 349 Å². The molecular weight excluding hydrogens is 1740 g/mol. The van der Waals surface area contributed by atoms with E-state index in [2.05, 4.69) is 323 Å². The summed E-state index contributed by atoms with van der Waals surface area (Å²) in [5.74, 6) is 8.61. The smallest absolute Gasteiger partial charge is 0.221 e. The molecule has 0 N–H and O–H groups in total. The van der Waals surface area contributed by atoms with Crippen molar-refractivity contribution >= 4 is 91.8 Å². The number of aromatic nitrogens is 6. The zero-order valence-corrected chi connectivity index (χ0v) is 77.9. The summed E-state index contributed by atoms with van der Waals surface area (Å²) in [7, 11) is 0. The summed E-state index contributed by atoms with van der Waals surface area (Å²) >= 11 is 0. The first-order valence-electron chi connectivity index (χ1n) is 44.7. The second kappa shape index (κ2) is 36.6. The van der Waals surface area contributed by atoms with E-state index in [1.165, 1.54) is 89.8 Å². The summed E-state index contributed by atoms with van der Waals surface area (Å²) in [6.07, 6.45) is 9.28. The first-order chi connectivity index (χ1) is 61.2. The van der Waals surface area contributed by atoms with Crippen LogP contribution in [0.4, 0.5) is 91.8 Å². The molecule has 1 radical (unpaired) electrons. The van der Waals surface area contributed by atoms with Gasteiger partial charge >= 0.3 is 0 Å². The molecule has 8 aliphatic rings. The molecule has 0 fully saturated rings. The minimum atomic E-state index is 0. The monoisotopic (exact) mass is 1850 g/mol. The zero-order chi connectivity index (χ0) is 87.3. The average Bonchev–Trinajstić information content (AvgIpc) is 1.57. The maximum absolute atomic E-state index is 5.98. The van der Waals surface area contributed by atoms with E-state index in [1.807, 2.05) is 144 Å². The van der Waals surface area contributed by atoms with Crippen LogP contribution in [0.15, 0.2) is 279 Å². The Bertz CT molecular complexity index is 6110. The van der Waals surface area contributed by atoms with Gasteiger partial charge in [0.1, 0.15) is 41.7 Å². The van der Waals surface area contributed by atoms with Gasteiger partial charge in [0.2, 0.25) is 5.88 Å². The van der Waals surface area contributed by atoms with Crippen LogP contribution in [-0.2, 0) is 39.4 Å². The summed E-state index contributed by atoms with van der Waals surface area (Å²) < 4.78 is 5.98. The van der Waals surface area contributed by atoms with E-state index in [1.54, 1.807) is 12.4 Å². The van der Waals surface area contributed by atoms with Crippen LogP contribution >= 0.6 is 0 Å². The van der Waals surface area contributed by atoms with Gasteiger partial charge in [-0.25, -0.2) is 24.9 Å². The van der Waals surface area contributed by atoms with E-state index >= 15 is 0 Å². The molecule has 127 heavy (non-hydrogen) atoms. The van der Waals surface area contributed by atoms with Crippen LogP contribution < -0.4 is 53.7 Å². The molecule has 9 aromatic carbocycles. The Morgan fingerprint density at radius 1 is 0.346 bits per heavy atom. The Hall–Kier alpha value is -12.9. The van der Waals surface area contributed by atoms with Crippen LogP contribution in [0.25, 0.3) is 22.5 Å². The Morgan fingerprint density at radius 3 is 1.22 bits per heavy atom. The molecule has 0 saturated carbocycles. The molecule has 3 atom stereocenters. The van der Waals surface area contributed by atoms with E-state index in [0.717, 1.165) is 94.1 Å². The Kier molecular flexibility index (Phi) is 24.8. The van der Waals surface area contributed by atoms with Crippen molar-refractivity contribution in [3.63, 3.8) is 0 Å². The zero-order valence-electron chi connectivity index (χ0n) is 75.5. The number of ether oxygens (including phenoxy) is 1. The molecule has 13 heterocycles. The molecule has 8 aliphatic heterocycles. The van der Waals surface area contributed by atoms with Crippen molar-refractivity contribution < 1.29 is 24.8 Å². The fourth-order valence-corrected chi connectivity index (χ4v) is 19.3. The number of nitrogens with zero attached hydrogens (tertiary/aromatic N) is 16. The summed E-state index contributed by atoms with van der Waals surface area (Å²) in [6, 6.07) is 98.6. The number of para-hydroxylation sites is 7. The molecule has 0 bridgehead atoms. The fourth-order valence-electron chi connectivity index (χ4n) is 19.3. The van der Waals surface area contributed by atoms with Gasteiger partial charge in [-0.2, -0.15) is 65.6 Å². The number of hydrogen-bond acceptors (Lipinski definition) is 17. The van der Waals surface area contributed by atoms with Crippen molar-refractivity contribution in [2.45, 2.75) is 190 Å². The number of rotatable bonds is 14. The van der Waals surface area contributed by atoms with Gasteiger partial charge in [0.25, 0.3) is 0 Å². The SMILES string of the molecule is CC(C)N1[CH-]N(c2[c-]cccc2)c2ncccc21.CC(C)N1c2ccc(Oc3ccccc3)nc2N2c3ccccc3CC21.CC(C)c1cc(C(C)C)c(-c2ccc3c(n2)N2c4ccccc4CC2N3C(C)C)c(C(C)C)c1.Cc1cccc(C)c1-c1ccc2c(n1)N1c3ccccc3CC1N2C(C)C.[Ir].[c-]1ccccc1N1[CH-]N(c2ccccc2)c2nccnc21. The summed E-state index contributed by atoms with van der Waals surface area (Å²) in [4.78, 5) is 52.1. The molecule has 14 aromatic rings. The van der Waals surface area contributed by atoms with Crippen molar-refractivity contribution in [2.75, 3.05) is 49.0 Å². The Balaban J connectivity index is 0.000000113. The number of benzene rings is 9. The van der Waals surface area contributed by atoms with Crippen LogP contribution in [0.1, 0.15) is 159 Å². The Labute approximate surface area is 764 Å². The first-order valence-corrected chi connectivity index (χ1v) is 44.7. The van der Waals surface area contributed by atoms with E-state index in [-0.39, 0.29) is 20.1 Å². The second-order valence-electron chi connectivity index (χ2n) is 35.6. The van der Waals surface area contributed by atoms with E-state index in [4.69, 9.17) is 19.7 Å². The van der Waals surface area contributed by atoms with Crippen LogP contribution in [0.2, 0.25) is 0 Å².